The van der Waals surface area contributed by atoms with Crippen molar-refractivity contribution in [3.63, 3.8) is 0 Å². The van der Waals surface area contributed by atoms with Crippen molar-refractivity contribution >= 4 is 18.7 Å². The molecule has 0 aliphatic carbocycles. The van der Waals surface area contributed by atoms with Crippen molar-refractivity contribution in [2.75, 3.05) is 12.3 Å². The fourth-order valence-corrected chi connectivity index (χ4v) is 1.19. The minimum Gasteiger partial charge on any atom is -0.464 e. The number of nitrogens with one attached hydrogen (secondary N) is 1. The topological polar surface area (TPSA) is 63.5 Å². The summed E-state index contributed by atoms with van der Waals surface area (Å²) in [6.45, 7) is 1.60. The molecule has 0 saturated heterocycles. The molecule has 1 aromatic heterocycles. The summed E-state index contributed by atoms with van der Waals surface area (Å²) < 4.78 is 6.22. The first-order valence-corrected chi connectivity index (χ1v) is 4.24. The third-order valence-corrected chi connectivity index (χ3v) is 1.78. The molecule has 0 aliphatic heterocycles. The quantitative estimate of drug-likeness (QED) is 0.540. The zero-order valence-corrected chi connectivity index (χ0v) is 8.44. The van der Waals surface area contributed by atoms with E-state index in [9.17, 15) is 4.79 Å². The summed E-state index contributed by atoms with van der Waals surface area (Å²) >= 11 is 0. The lowest BCUT2D eigenvalue weighted by Crippen LogP contribution is -2.18. The zero-order valence-electron chi connectivity index (χ0n) is 8.44. The Morgan fingerprint density at radius 1 is 1.71 bits per heavy atom. The van der Waals surface area contributed by atoms with E-state index < -0.39 is 13.0 Å². The number of carbonyl (C=O) groups excluding carboxylic acids is 1. The summed E-state index contributed by atoms with van der Waals surface area (Å²) in [6, 6.07) is 1.62. The first kappa shape index (κ1) is 10.7. The van der Waals surface area contributed by atoms with Crippen LogP contribution >= 0.6 is 0 Å². The van der Waals surface area contributed by atoms with Gasteiger partial charge in [-0.3, -0.25) is 0 Å². The van der Waals surface area contributed by atoms with Crippen molar-refractivity contribution in [3.8, 4) is 0 Å². The minimum absolute atomic E-state index is 0.397. The Labute approximate surface area is 82.8 Å². The molecule has 0 fully saturated rings. The summed E-state index contributed by atoms with van der Waals surface area (Å²) in [7, 11) is 2.42. The average Bonchev–Trinajstić information content (AvgIpc) is 2.44. The van der Waals surface area contributed by atoms with Crippen LogP contribution in [0.4, 0.5) is 5.69 Å². The van der Waals surface area contributed by atoms with Gasteiger partial charge in [-0.1, -0.05) is 0 Å². The van der Waals surface area contributed by atoms with Gasteiger partial charge >= 0.3 is 13.0 Å². The van der Waals surface area contributed by atoms with Crippen LogP contribution in [-0.2, 0) is 11.8 Å². The monoisotopic (exact) mass is 196 g/mol. The van der Waals surface area contributed by atoms with Gasteiger partial charge in [0.1, 0.15) is 5.69 Å². The molecule has 6 heteroatoms. The average molecular weight is 196 g/mol. The maximum Gasteiger partial charge on any atom is 0.406 e. The van der Waals surface area contributed by atoms with E-state index in [4.69, 9.17) is 5.02 Å². The van der Waals surface area contributed by atoms with Crippen molar-refractivity contribution in [2.24, 2.45) is 7.05 Å². The smallest absolute Gasteiger partial charge is 0.406 e. The number of aromatic nitrogens is 1. The second-order valence-corrected chi connectivity index (χ2v) is 3.04. The van der Waals surface area contributed by atoms with Gasteiger partial charge in [0, 0.05) is 18.9 Å². The fraction of sp³-hybridized carbons (Fsp3) is 0.375. The number of nitrogens with zero attached hydrogens (tertiary/aromatic N) is 1. The van der Waals surface area contributed by atoms with Crippen LogP contribution in [0.25, 0.3) is 0 Å². The van der Waals surface area contributed by atoms with Gasteiger partial charge in [0.25, 0.3) is 0 Å². The van der Waals surface area contributed by atoms with E-state index in [-0.39, 0.29) is 0 Å². The van der Waals surface area contributed by atoms with Crippen LogP contribution < -0.4 is 5.23 Å². The van der Waals surface area contributed by atoms with Gasteiger partial charge in [-0.15, -0.1) is 0 Å². The Morgan fingerprint density at radius 2 is 2.36 bits per heavy atom. The van der Waals surface area contributed by atoms with E-state index in [0.29, 0.717) is 11.4 Å². The van der Waals surface area contributed by atoms with E-state index in [0.717, 1.165) is 0 Å². The third-order valence-electron chi connectivity index (χ3n) is 1.78. The number of rotatable bonds is 3. The highest BCUT2D eigenvalue weighted by atomic mass is 16.5. The lowest BCUT2D eigenvalue weighted by molar-refractivity contribution is 0.0590. The van der Waals surface area contributed by atoms with Crippen LogP contribution in [0.1, 0.15) is 10.5 Å². The summed E-state index contributed by atoms with van der Waals surface area (Å²) in [5.41, 5.74) is 1.12. The zero-order chi connectivity index (χ0) is 10.7. The van der Waals surface area contributed by atoms with E-state index in [1.54, 1.807) is 30.7 Å². The summed E-state index contributed by atoms with van der Waals surface area (Å²) in [5.74, 6) is -0.397. The predicted octanol–water partition coefficient (Wildman–Crippen LogP) is 0.334. The maximum absolute atomic E-state index is 11.2. The lowest BCUT2D eigenvalue weighted by Gasteiger charge is -2.00. The first-order valence-electron chi connectivity index (χ1n) is 4.24. The predicted molar refractivity (Wildman–Crippen MR) is 54.2 cm³/mol. The molecule has 76 valence electrons. The molecule has 2 N–H and O–H groups in total. The van der Waals surface area contributed by atoms with Crippen LogP contribution in [0.5, 0.6) is 0 Å². The summed E-state index contributed by atoms with van der Waals surface area (Å²) in [4.78, 5) is 11.2. The highest BCUT2D eigenvalue weighted by Gasteiger charge is 2.13. The normalized spacial score (nSPS) is 9.71. The molecule has 0 unspecified atom stereocenters. The molecular weight excluding hydrogens is 183 g/mol. The molecular formula is C8H13BN2O3. The van der Waals surface area contributed by atoms with Gasteiger partial charge in [0.15, 0.2) is 0 Å². The van der Waals surface area contributed by atoms with Crippen molar-refractivity contribution < 1.29 is 14.6 Å². The van der Waals surface area contributed by atoms with Crippen LogP contribution in [-0.4, -0.2) is 29.7 Å². The molecule has 0 radical (unpaired) electrons. The molecule has 0 spiro atoms. The third kappa shape index (κ3) is 2.29. The van der Waals surface area contributed by atoms with Crippen LogP contribution in [0.2, 0.25) is 6.82 Å². The number of aryl methyl sites for hydroxylation is 1. The number of hydrogen-bond donors (Lipinski definition) is 2. The number of ether oxygens (including phenoxy) is 1. The van der Waals surface area contributed by atoms with Crippen molar-refractivity contribution in [1.82, 2.24) is 4.57 Å². The maximum atomic E-state index is 11.2. The van der Waals surface area contributed by atoms with Crippen LogP contribution in [0.15, 0.2) is 12.3 Å². The minimum atomic E-state index is -0.650. The molecule has 0 amide bonds. The van der Waals surface area contributed by atoms with E-state index in [1.165, 1.54) is 7.11 Å². The number of methoxy groups -OCH3 is 1. The number of hydrogen-bond acceptors (Lipinski definition) is 4. The molecule has 14 heavy (non-hydrogen) atoms. The van der Waals surface area contributed by atoms with E-state index >= 15 is 0 Å². The van der Waals surface area contributed by atoms with Gasteiger partial charge in [0.2, 0.25) is 0 Å². The molecule has 5 nitrogen and oxygen atoms in total. The molecule has 0 aliphatic rings. The largest absolute Gasteiger partial charge is 0.464 e. The Morgan fingerprint density at radius 3 is 2.86 bits per heavy atom. The first-order chi connectivity index (χ1) is 6.54. The Kier molecular flexibility index (Phi) is 3.19. The number of carbonyl (C=O) groups is 1. The number of anilines is 1. The van der Waals surface area contributed by atoms with Gasteiger partial charge in [0.05, 0.1) is 7.11 Å². The van der Waals surface area contributed by atoms with Crippen LogP contribution in [0.3, 0.4) is 0 Å². The molecule has 0 aromatic carbocycles. The molecule has 1 rings (SSSR count). The van der Waals surface area contributed by atoms with Crippen molar-refractivity contribution in [3.05, 3.63) is 18.0 Å². The number of esters is 1. The van der Waals surface area contributed by atoms with E-state index in [1.807, 2.05) is 0 Å². The Balaban J connectivity index is 2.87. The Hall–Kier alpha value is -1.43. The summed E-state index contributed by atoms with van der Waals surface area (Å²) in [5, 5.41) is 11.8. The van der Waals surface area contributed by atoms with Crippen molar-refractivity contribution in [1.29, 1.82) is 0 Å². The second-order valence-electron chi connectivity index (χ2n) is 3.04. The van der Waals surface area contributed by atoms with E-state index in [2.05, 4.69) is 9.96 Å². The second kappa shape index (κ2) is 4.19. The fourth-order valence-electron chi connectivity index (χ4n) is 1.19. The Bertz CT molecular complexity index is 335. The molecule has 1 heterocycles. The summed E-state index contributed by atoms with van der Waals surface area (Å²) in [6.07, 6.45) is 1.71. The van der Waals surface area contributed by atoms with Gasteiger partial charge in [-0.25, -0.2) is 4.79 Å². The molecule has 1 aromatic rings. The SMILES string of the molecule is COC(=O)c1cc(NB(C)O)cn1C. The van der Waals surface area contributed by atoms with Crippen molar-refractivity contribution in [2.45, 2.75) is 6.82 Å². The van der Waals surface area contributed by atoms with Gasteiger partial charge < -0.3 is 19.6 Å². The molecule has 0 atom stereocenters. The lowest BCUT2D eigenvalue weighted by atomic mass is 9.89. The molecule has 0 saturated carbocycles. The molecule has 0 bridgehead atoms. The standard InChI is InChI=1S/C8H13BN2O3/c1-9(13)10-6-4-7(8(12)14-3)11(2)5-6/h4-5,10,13H,1-3H3. The van der Waals surface area contributed by atoms with Gasteiger partial charge in [-0.2, -0.15) is 0 Å². The van der Waals surface area contributed by atoms with Crippen LogP contribution in [0, 0.1) is 0 Å². The highest BCUT2D eigenvalue weighted by Crippen LogP contribution is 2.13. The van der Waals surface area contributed by atoms with Gasteiger partial charge in [-0.05, 0) is 12.9 Å². The highest BCUT2D eigenvalue weighted by molar-refractivity contribution is 6.52.